The van der Waals surface area contributed by atoms with E-state index in [2.05, 4.69) is 25.4 Å². The van der Waals surface area contributed by atoms with Crippen LogP contribution < -0.4 is 5.32 Å². The molecule has 0 atom stereocenters. The lowest BCUT2D eigenvalue weighted by atomic mass is 10.2. The first-order chi connectivity index (χ1) is 13.6. The Kier molecular flexibility index (Phi) is 4.67. The fourth-order valence-electron chi connectivity index (χ4n) is 2.75. The van der Waals surface area contributed by atoms with Gasteiger partial charge in [-0.25, -0.2) is 9.97 Å². The van der Waals surface area contributed by atoms with Gasteiger partial charge in [0.25, 0.3) is 11.8 Å². The largest absolute Gasteiger partial charge is 0.334 e. The van der Waals surface area contributed by atoms with E-state index in [1.807, 2.05) is 44.2 Å². The van der Waals surface area contributed by atoms with Gasteiger partial charge in [0.1, 0.15) is 12.0 Å². The van der Waals surface area contributed by atoms with E-state index in [4.69, 9.17) is 4.52 Å². The van der Waals surface area contributed by atoms with E-state index >= 15 is 0 Å². The lowest BCUT2D eigenvalue weighted by Gasteiger charge is -2.05. The van der Waals surface area contributed by atoms with Crippen LogP contribution >= 0.6 is 0 Å². The Balaban J connectivity index is 1.62. The summed E-state index contributed by atoms with van der Waals surface area (Å²) in [5.74, 6) is 1.25. The summed E-state index contributed by atoms with van der Waals surface area (Å²) in [6.07, 6.45) is 5.48. The molecule has 4 rings (SSSR count). The number of hydrogen-bond donors (Lipinski definition) is 1. The Morgan fingerprint density at radius 3 is 2.89 bits per heavy atom. The highest BCUT2D eigenvalue weighted by atomic mass is 16.5. The lowest BCUT2D eigenvalue weighted by Crippen LogP contribution is -2.12. The molecule has 3 heterocycles. The van der Waals surface area contributed by atoms with Crippen molar-refractivity contribution in [2.24, 2.45) is 0 Å². The van der Waals surface area contributed by atoms with Crippen LogP contribution in [0.3, 0.4) is 0 Å². The van der Waals surface area contributed by atoms with Crippen molar-refractivity contribution in [3.05, 3.63) is 72.2 Å². The number of amides is 1. The predicted molar refractivity (Wildman–Crippen MR) is 103 cm³/mol. The average Bonchev–Trinajstić information content (AvgIpc) is 3.38. The third kappa shape index (κ3) is 3.52. The molecule has 4 aromatic rings. The van der Waals surface area contributed by atoms with Crippen molar-refractivity contribution in [2.45, 2.75) is 20.3 Å². The second kappa shape index (κ2) is 7.43. The molecule has 3 aromatic heterocycles. The topological polar surface area (TPSA) is 98.7 Å². The summed E-state index contributed by atoms with van der Waals surface area (Å²) >= 11 is 0. The number of pyridine rings is 1. The minimum atomic E-state index is -0.298. The average molecular weight is 374 g/mol. The van der Waals surface area contributed by atoms with E-state index in [1.54, 1.807) is 23.0 Å². The quantitative estimate of drug-likeness (QED) is 0.574. The number of carbonyl (C=O) groups is 1. The normalized spacial score (nSPS) is 10.8. The molecule has 0 fully saturated rings. The first-order valence-corrected chi connectivity index (χ1v) is 8.84. The number of aromatic nitrogens is 5. The van der Waals surface area contributed by atoms with Crippen molar-refractivity contribution < 1.29 is 9.32 Å². The highest BCUT2D eigenvalue weighted by Crippen LogP contribution is 2.23. The molecule has 0 aliphatic rings. The molecule has 8 heteroatoms. The summed E-state index contributed by atoms with van der Waals surface area (Å²) in [6, 6.07) is 11.2. The molecule has 0 radical (unpaired) electrons. The van der Waals surface area contributed by atoms with Crippen molar-refractivity contribution in [2.75, 3.05) is 5.32 Å². The van der Waals surface area contributed by atoms with E-state index in [0.717, 1.165) is 11.3 Å². The molecule has 140 valence electrons. The molecule has 0 unspecified atom stereocenters. The Morgan fingerprint density at radius 2 is 2.11 bits per heavy atom. The molecule has 0 saturated heterocycles. The minimum Gasteiger partial charge on any atom is -0.334 e. The van der Waals surface area contributed by atoms with Crippen LogP contribution in [-0.2, 0) is 6.42 Å². The van der Waals surface area contributed by atoms with Gasteiger partial charge in [0, 0.05) is 24.5 Å². The number of benzene rings is 1. The van der Waals surface area contributed by atoms with Gasteiger partial charge >= 0.3 is 0 Å². The van der Waals surface area contributed by atoms with Crippen molar-refractivity contribution in [1.29, 1.82) is 0 Å². The lowest BCUT2D eigenvalue weighted by molar-refractivity contribution is 0.102. The molecular formula is C20H18N6O2. The van der Waals surface area contributed by atoms with Gasteiger partial charge in [-0.05, 0) is 36.8 Å². The summed E-state index contributed by atoms with van der Waals surface area (Å²) in [6.45, 7) is 3.92. The van der Waals surface area contributed by atoms with Crippen molar-refractivity contribution in [3.63, 3.8) is 0 Å². The zero-order valence-electron chi connectivity index (χ0n) is 15.5. The van der Waals surface area contributed by atoms with Gasteiger partial charge in [-0.2, -0.15) is 4.98 Å². The Hall–Kier alpha value is -3.81. The summed E-state index contributed by atoms with van der Waals surface area (Å²) in [5, 5.41) is 6.78. The van der Waals surface area contributed by atoms with E-state index in [9.17, 15) is 4.79 Å². The van der Waals surface area contributed by atoms with Gasteiger partial charge < -0.3 is 9.84 Å². The zero-order valence-corrected chi connectivity index (χ0v) is 15.5. The van der Waals surface area contributed by atoms with Crippen molar-refractivity contribution in [3.8, 4) is 17.3 Å². The molecule has 8 nitrogen and oxygen atoms in total. The van der Waals surface area contributed by atoms with E-state index in [-0.39, 0.29) is 11.6 Å². The van der Waals surface area contributed by atoms with Crippen LogP contribution in [0.2, 0.25) is 0 Å². The number of nitrogens with one attached hydrogen (secondary N) is 1. The number of hydrogen-bond acceptors (Lipinski definition) is 6. The second-order valence-corrected chi connectivity index (χ2v) is 6.23. The van der Waals surface area contributed by atoms with E-state index < -0.39 is 0 Å². The standard InChI is InChI=1S/C20H18N6O2/c1-3-17-24-20(28-25-17)15-8-5-9-21-18(15)26-11-16(22-12-26)19(27)23-14-7-4-6-13(2)10-14/h4-12H,3H2,1-2H3,(H,23,27). The molecule has 0 spiro atoms. The smallest absolute Gasteiger partial charge is 0.275 e. The molecule has 0 saturated carbocycles. The summed E-state index contributed by atoms with van der Waals surface area (Å²) in [5.41, 5.74) is 2.72. The third-order valence-corrected chi connectivity index (χ3v) is 4.14. The van der Waals surface area contributed by atoms with Crippen molar-refractivity contribution in [1.82, 2.24) is 24.7 Å². The van der Waals surface area contributed by atoms with Crippen LogP contribution in [0.25, 0.3) is 17.3 Å². The maximum Gasteiger partial charge on any atom is 0.275 e. The Bertz CT molecular complexity index is 1130. The second-order valence-electron chi connectivity index (χ2n) is 6.23. The molecule has 28 heavy (non-hydrogen) atoms. The predicted octanol–water partition coefficient (Wildman–Crippen LogP) is 3.44. The number of nitrogens with zero attached hydrogens (tertiary/aromatic N) is 5. The van der Waals surface area contributed by atoms with Crippen LogP contribution in [0.5, 0.6) is 0 Å². The van der Waals surface area contributed by atoms with E-state index in [1.165, 1.54) is 6.33 Å². The van der Waals surface area contributed by atoms with Crippen LogP contribution in [0.15, 0.2) is 59.6 Å². The van der Waals surface area contributed by atoms with E-state index in [0.29, 0.717) is 29.5 Å². The number of imidazole rings is 1. The van der Waals surface area contributed by atoms with Gasteiger partial charge in [-0.15, -0.1) is 0 Å². The summed E-state index contributed by atoms with van der Waals surface area (Å²) < 4.78 is 7.00. The maximum absolute atomic E-state index is 12.5. The fraction of sp³-hybridized carbons (Fsp3) is 0.150. The van der Waals surface area contributed by atoms with Gasteiger partial charge in [-0.3, -0.25) is 9.36 Å². The van der Waals surface area contributed by atoms with Gasteiger partial charge in [-0.1, -0.05) is 24.2 Å². The Morgan fingerprint density at radius 1 is 1.21 bits per heavy atom. The fourth-order valence-corrected chi connectivity index (χ4v) is 2.75. The Labute approximate surface area is 161 Å². The van der Waals surface area contributed by atoms with Crippen LogP contribution in [-0.4, -0.2) is 30.6 Å². The molecule has 0 bridgehead atoms. The van der Waals surface area contributed by atoms with Crippen molar-refractivity contribution >= 4 is 11.6 Å². The summed E-state index contributed by atoms with van der Waals surface area (Å²) in [7, 11) is 0. The summed E-state index contributed by atoms with van der Waals surface area (Å²) in [4.78, 5) is 25.5. The first kappa shape index (κ1) is 17.6. The maximum atomic E-state index is 12.5. The first-order valence-electron chi connectivity index (χ1n) is 8.84. The van der Waals surface area contributed by atoms with Gasteiger partial charge in [0.15, 0.2) is 11.6 Å². The number of aryl methyl sites for hydroxylation is 2. The number of rotatable bonds is 5. The van der Waals surface area contributed by atoms with Gasteiger partial charge in [0.2, 0.25) is 0 Å². The highest BCUT2D eigenvalue weighted by Gasteiger charge is 2.17. The zero-order chi connectivity index (χ0) is 19.5. The molecule has 1 N–H and O–H groups in total. The molecule has 1 aromatic carbocycles. The van der Waals surface area contributed by atoms with Crippen LogP contribution in [0.1, 0.15) is 28.8 Å². The monoisotopic (exact) mass is 374 g/mol. The number of carbonyl (C=O) groups excluding carboxylic acids is 1. The highest BCUT2D eigenvalue weighted by molar-refractivity contribution is 6.02. The molecule has 1 amide bonds. The molecule has 0 aliphatic heterocycles. The van der Waals surface area contributed by atoms with Crippen LogP contribution in [0.4, 0.5) is 5.69 Å². The third-order valence-electron chi connectivity index (χ3n) is 4.14. The molecule has 0 aliphatic carbocycles. The minimum absolute atomic E-state index is 0.276. The van der Waals surface area contributed by atoms with Gasteiger partial charge in [0.05, 0.1) is 5.56 Å². The SMILES string of the molecule is CCc1noc(-c2cccnc2-n2cnc(C(=O)Nc3cccc(C)c3)c2)n1. The van der Waals surface area contributed by atoms with Crippen LogP contribution in [0, 0.1) is 6.92 Å². The molecular weight excluding hydrogens is 356 g/mol. The number of anilines is 1.